The van der Waals surface area contributed by atoms with Crippen LogP contribution in [0.3, 0.4) is 0 Å². The van der Waals surface area contributed by atoms with Gasteiger partial charge in [0.15, 0.2) is 0 Å². The minimum Gasteiger partial charge on any atom is -0.478 e. The van der Waals surface area contributed by atoms with Crippen molar-refractivity contribution in [3.05, 3.63) is 36.2 Å². The van der Waals surface area contributed by atoms with Gasteiger partial charge in [-0.3, -0.25) is 4.98 Å². The summed E-state index contributed by atoms with van der Waals surface area (Å²) >= 11 is 0. The Bertz CT molecular complexity index is 395. The van der Waals surface area contributed by atoms with Crippen molar-refractivity contribution >= 4 is 11.5 Å². The zero-order chi connectivity index (χ0) is 11.6. The average Bonchev–Trinajstić information content (AvgIpc) is 2.15. The van der Waals surface area contributed by atoms with E-state index in [1.165, 1.54) is 0 Å². The van der Waals surface area contributed by atoms with Gasteiger partial charge in [-0.15, -0.1) is 0 Å². The van der Waals surface area contributed by atoms with E-state index in [1.807, 2.05) is 0 Å². The first kappa shape index (κ1) is 11.2. The minimum absolute atomic E-state index is 0.0875. The molecule has 0 aliphatic carbocycles. The predicted molar refractivity (Wildman–Crippen MR) is 45.9 cm³/mol. The summed E-state index contributed by atoms with van der Waals surface area (Å²) in [4.78, 5) is 13.8. The van der Waals surface area contributed by atoms with Crippen molar-refractivity contribution in [2.75, 3.05) is 0 Å². The number of carboxylic acid groups (broad SMARTS) is 1. The molecule has 0 bridgehead atoms. The van der Waals surface area contributed by atoms with E-state index in [-0.39, 0.29) is 11.3 Å². The van der Waals surface area contributed by atoms with Gasteiger partial charge in [0.05, 0.1) is 16.8 Å². The van der Waals surface area contributed by atoms with Crippen LogP contribution in [0.5, 0.6) is 0 Å². The maximum atomic E-state index is 12.1. The first-order valence-corrected chi connectivity index (χ1v) is 3.78. The smallest absolute Gasteiger partial charge is 0.417 e. The molecule has 0 radical (unpaired) electrons. The Hall–Kier alpha value is -1.85. The molecule has 1 N–H and O–H groups in total. The molecule has 1 rings (SSSR count). The summed E-state index contributed by atoms with van der Waals surface area (Å²) in [6.07, 6.45) is -3.90. The largest absolute Gasteiger partial charge is 0.478 e. The summed E-state index contributed by atoms with van der Waals surface area (Å²) in [5, 5.41) is 8.50. The zero-order valence-electron chi connectivity index (χ0n) is 7.38. The Labute approximate surface area is 82.9 Å². The first-order chi connectivity index (χ1) is 6.82. The molecule has 0 aromatic carbocycles. The van der Waals surface area contributed by atoms with Crippen molar-refractivity contribution in [3.8, 4) is 0 Å². The second-order valence-electron chi connectivity index (χ2n) is 2.71. The lowest BCUT2D eigenvalue weighted by atomic mass is 10.1. The third kappa shape index (κ3) is 2.55. The van der Waals surface area contributed by atoms with Gasteiger partial charge >= 0.3 is 12.1 Å². The van der Waals surface area contributed by atoms with E-state index in [1.54, 1.807) is 0 Å². The molecule has 3 nitrogen and oxygen atoms in total. The van der Waals surface area contributed by atoms with Crippen molar-refractivity contribution in [1.82, 2.24) is 4.98 Å². The lowest BCUT2D eigenvalue weighted by Crippen LogP contribution is -2.07. The van der Waals surface area contributed by atoms with Gasteiger partial charge in [0.1, 0.15) is 0 Å². The highest BCUT2D eigenvalue weighted by atomic mass is 19.4. The standard InChI is InChI=1S/C9H6F3NO2/c1-5(8(14)15)7-3-2-6(4-13-7)9(10,11)12/h2-4H,1H2,(H,14,15). The average molecular weight is 217 g/mol. The van der Waals surface area contributed by atoms with Crippen molar-refractivity contribution < 1.29 is 23.1 Å². The number of rotatable bonds is 2. The highest BCUT2D eigenvalue weighted by Gasteiger charge is 2.30. The van der Waals surface area contributed by atoms with Crippen LogP contribution >= 0.6 is 0 Å². The molecule has 0 fully saturated rings. The molecular weight excluding hydrogens is 211 g/mol. The van der Waals surface area contributed by atoms with Gasteiger partial charge in [0, 0.05) is 6.20 Å². The number of hydrogen-bond acceptors (Lipinski definition) is 2. The fraction of sp³-hybridized carbons (Fsp3) is 0.111. The van der Waals surface area contributed by atoms with Gasteiger partial charge < -0.3 is 5.11 Å². The van der Waals surface area contributed by atoms with Gasteiger partial charge in [0.25, 0.3) is 0 Å². The highest BCUT2D eigenvalue weighted by Crippen LogP contribution is 2.28. The highest BCUT2D eigenvalue weighted by molar-refractivity contribution is 6.13. The molecule has 15 heavy (non-hydrogen) atoms. The van der Waals surface area contributed by atoms with Crippen LogP contribution in [0.15, 0.2) is 24.9 Å². The SMILES string of the molecule is C=C(C(=O)O)c1ccc(C(F)(F)F)cn1. The van der Waals surface area contributed by atoms with Crippen LogP contribution in [0.1, 0.15) is 11.3 Å². The van der Waals surface area contributed by atoms with Gasteiger partial charge in [-0.2, -0.15) is 13.2 Å². The quantitative estimate of drug-likeness (QED) is 0.772. The minimum atomic E-state index is -4.48. The summed E-state index contributed by atoms with van der Waals surface area (Å²) in [5.41, 5.74) is -1.36. The van der Waals surface area contributed by atoms with E-state index in [4.69, 9.17) is 5.11 Å². The molecule has 0 aliphatic heterocycles. The molecule has 0 unspecified atom stereocenters. The lowest BCUT2D eigenvalue weighted by molar-refractivity contribution is -0.137. The van der Waals surface area contributed by atoms with Gasteiger partial charge in [-0.25, -0.2) is 4.79 Å². The van der Waals surface area contributed by atoms with Gasteiger partial charge in [0.2, 0.25) is 0 Å². The van der Waals surface area contributed by atoms with Gasteiger partial charge in [-0.1, -0.05) is 6.58 Å². The molecule has 0 aliphatic rings. The summed E-state index contributed by atoms with van der Waals surface area (Å²) in [7, 11) is 0. The number of carboxylic acids is 1. The van der Waals surface area contributed by atoms with Crippen molar-refractivity contribution in [3.63, 3.8) is 0 Å². The Morgan fingerprint density at radius 2 is 2.00 bits per heavy atom. The van der Waals surface area contributed by atoms with Crippen LogP contribution in [0.4, 0.5) is 13.2 Å². The van der Waals surface area contributed by atoms with Crippen LogP contribution < -0.4 is 0 Å². The number of nitrogens with zero attached hydrogens (tertiary/aromatic N) is 1. The van der Waals surface area contributed by atoms with E-state index < -0.39 is 17.7 Å². The number of aromatic nitrogens is 1. The lowest BCUT2D eigenvalue weighted by Gasteiger charge is -2.06. The maximum absolute atomic E-state index is 12.1. The fourth-order valence-corrected chi connectivity index (χ4v) is 0.850. The van der Waals surface area contributed by atoms with E-state index >= 15 is 0 Å². The number of carbonyl (C=O) groups is 1. The van der Waals surface area contributed by atoms with Crippen LogP contribution in [-0.2, 0) is 11.0 Å². The summed E-state index contributed by atoms with van der Waals surface area (Å²) in [6.45, 7) is 3.17. The Balaban J connectivity index is 3.01. The van der Waals surface area contributed by atoms with Crippen LogP contribution in [0.2, 0.25) is 0 Å². The summed E-state index contributed by atoms with van der Waals surface area (Å²) in [5.74, 6) is -1.32. The van der Waals surface area contributed by atoms with E-state index in [2.05, 4.69) is 11.6 Å². The topological polar surface area (TPSA) is 50.2 Å². The molecule has 0 atom stereocenters. The Morgan fingerprint density at radius 3 is 2.33 bits per heavy atom. The molecule has 0 saturated heterocycles. The summed E-state index contributed by atoms with van der Waals surface area (Å²) < 4.78 is 36.3. The molecule has 6 heteroatoms. The van der Waals surface area contributed by atoms with Crippen LogP contribution in [0.25, 0.3) is 5.57 Å². The third-order valence-corrected chi connectivity index (χ3v) is 1.66. The Morgan fingerprint density at radius 1 is 1.40 bits per heavy atom. The molecular formula is C9H6F3NO2. The number of alkyl halides is 3. The molecule has 1 aromatic rings. The number of aliphatic carboxylic acids is 1. The molecule has 0 amide bonds. The number of pyridine rings is 1. The van der Waals surface area contributed by atoms with E-state index in [9.17, 15) is 18.0 Å². The molecule has 0 spiro atoms. The van der Waals surface area contributed by atoms with Crippen molar-refractivity contribution in [2.24, 2.45) is 0 Å². The number of hydrogen-bond donors (Lipinski definition) is 1. The maximum Gasteiger partial charge on any atom is 0.417 e. The summed E-state index contributed by atoms with van der Waals surface area (Å²) in [6, 6.07) is 1.73. The van der Waals surface area contributed by atoms with E-state index in [0.717, 1.165) is 12.1 Å². The molecule has 1 aromatic heterocycles. The van der Waals surface area contributed by atoms with Crippen molar-refractivity contribution in [1.29, 1.82) is 0 Å². The normalized spacial score (nSPS) is 11.1. The zero-order valence-corrected chi connectivity index (χ0v) is 7.38. The first-order valence-electron chi connectivity index (χ1n) is 3.78. The molecule has 0 saturated carbocycles. The van der Waals surface area contributed by atoms with Crippen molar-refractivity contribution in [2.45, 2.75) is 6.18 Å². The second-order valence-corrected chi connectivity index (χ2v) is 2.71. The molecule has 1 heterocycles. The molecule has 80 valence electrons. The number of halogens is 3. The third-order valence-electron chi connectivity index (χ3n) is 1.66. The van der Waals surface area contributed by atoms with Gasteiger partial charge in [-0.05, 0) is 12.1 Å². The van der Waals surface area contributed by atoms with E-state index in [0.29, 0.717) is 6.20 Å². The van der Waals surface area contributed by atoms with Crippen LogP contribution in [-0.4, -0.2) is 16.1 Å². The predicted octanol–water partition coefficient (Wildman–Crippen LogP) is 2.20. The fourth-order valence-electron chi connectivity index (χ4n) is 0.850. The monoisotopic (exact) mass is 217 g/mol. The van der Waals surface area contributed by atoms with Crippen LogP contribution in [0, 0.1) is 0 Å². The second kappa shape index (κ2) is 3.72. The Kier molecular flexibility index (Phi) is 2.78.